The highest BCUT2D eigenvalue weighted by Gasteiger charge is 2.01. The minimum atomic E-state index is -0.218. The van der Waals surface area contributed by atoms with Crippen molar-refractivity contribution in [2.24, 2.45) is 4.99 Å². The lowest BCUT2D eigenvalue weighted by Gasteiger charge is -1.89. The highest BCUT2D eigenvalue weighted by Crippen LogP contribution is 1.93. The van der Waals surface area contributed by atoms with Gasteiger partial charge in [-0.2, -0.15) is 0 Å². The zero-order chi connectivity index (χ0) is 4.41. The van der Waals surface area contributed by atoms with Gasteiger partial charge in [-0.15, -0.1) is 0 Å². The SMILES string of the molecule is ClC1N=[C]CN1. The van der Waals surface area contributed by atoms with Crippen LogP contribution in [0.25, 0.3) is 0 Å². The van der Waals surface area contributed by atoms with Crippen LogP contribution in [-0.2, 0) is 0 Å². The lowest BCUT2D eigenvalue weighted by Crippen LogP contribution is -2.15. The molecule has 1 radical (unpaired) electrons. The Bertz CT molecular complexity index is 71.2. The van der Waals surface area contributed by atoms with Crippen molar-refractivity contribution in [3.05, 3.63) is 0 Å². The number of rotatable bonds is 0. The molecule has 0 fully saturated rings. The first-order chi connectivity index (χ1) is 2.89. The molecule has 0 amide bonds. The number of halogens is 1. The summed E-state index contributed by atoms with van der Waals surface area (Å²) in [7, 11) is 0. The fraction of sp³-hybridized carbons (Fsp3) is 0.667. The van der Waals surface area contributed by atoms with E-state index in [0.29, 0.717) is 6.54 Å². The van der Waals surface area contributed by atoms with Gasteiger partial charge in [0.05, 0.1) is 6.21 Å². The fourth-order valence-corrected chi connectivity index (χ4v) is 0.447. The van der Waals surface area contributed by atoms with Crippen LogP contribution in [0.15, 0.2) is 4.99 Å². The third-order valence-electron chi connectivity index (χ3n) is 0.554. The Labute approximate surface area is 41.2 Å². The molecule has 0 saturated carbocycles. The predicted octanol–water partition coefficient (Wildman–Crippen LogP) is 0.0598. The van der Waals surface area contributed by atoms with Gasteiger partial charge in [0.25, 0.3) is 0 Å². The normalized spacial score (nSPS) is 31.8. The van der Waals surface area contributed by atoms with Crippen LogP contribution in [0.3, 0.4) is 0 Å². The molecule has 1 aliphatic rings. The monoisotopic (exact) mass is 103 g/mol. The van der Waals surface area contributed by atoms with Gasteiger partial charge in [0, 0.05) is 6.54 Å². The van der Waals surface area contributed by atoms with Gasteiger partial charge in [-0.25, -0.2) is 0 Å². The van der Waals surface area contributed by atoms with E-state index in [2.05, 4.69) is 16.5 Å². The summed E-state index contributed by atoms with van der Waals surface area (Å²) in [6.07, 6.45) is 2.65. The van der Waals surface area contributed by atoms with E-state index >= 15 is 0 Å². The number of nitrogens with one attached hydrogen (secondary N) is 1. The first kappa shape index (κ1) is 4.09. The van der Waals surface area contributed by atoms with Gasteiger partial charge < -0.3 is 0 Å². The molecule has 1 aliphatic heterocycles. The van der Waals surface area contributed by atoms with E-state index in [9.17, 15) is 0 Å². The average molecular weight is 104 g/mol. The summed E-state index contributed by atoms with van der Waals surface area (Å²) in [5.41, 5.74) is -0.218. The van der Waals surface area contributed by atoms with Crippen LogP contribution in [0, 0.1) is 0 Å². The number of hydrogen-bond donors (Lipinski definition) is 1. The van der Waals surface area contributed by atoms with Crippen LogP contribution in [0.5, 0.6) is 0 Å². The van der Waals surface area contributed by atoms with Gasteiger partial charge in [-0.05, 0) is 0 Å². The van der Waals surface area contributed by atoms with E-state index in [4.69, 9.17) is 11.6 Å². The van der Waals surface area contributed by atoms with Gasteiger partial charge in [-0.3, -0.25) is 10.3 Å². The molecule has 1 heterocycles. The molecule has 1 atom stereocenters. The summed E-state index contributed by atoms with van der Waals surface area (Å²) in [5, 5.41) is 2.81. The van der Waals surface area contributed by atoms with Crippen molar-refractivity contribution in [3.8, 4) is 0 Å². The highest BCUT2D eigenvalue weighted by molar-refractivity contribution is 6.21. The third-order valence-corrected chi connectivity index (χ3v) is 0.806. The van der Waals surface area contributed by atoms with E-state index < -0.39 is 0 Å². The van der Waals surface area contributed by atoms with Crippen molar-refractivity contribution in [3.63, 3.8) is 0 Å². The van der Waals surface area contributed by atoms with E-state index in [1.807, 2.05) is 0 Å². The Kier molecular flexibility index (Phi) is 1.08. The Morgan fingerprint density at radius 3 is 3.00 bits per heavy atom. The minimum absolute atomic E-state index is 0.218. The van der Waals surface area contributed by atoms with Crippen LogP contribution >= 0.6 is 11.6 Å². The molecule has 0 saturated heterocycles. The summed E-state index contributed by atoms with van der Waals surface area (Å²) in [6, 6.07) is 0. The summed E-state index contributed by atoms with van der Waals surface area (Å²) in [5.74, 6) is 0. The topological polar surface area (TPSA) is 24.4 Å². The molecule has 1 N–H and O–H groups in total. The molecule has 2 nitrogen and oxygen atoms in total. The van der Waals surface area contributed by atoms with Crippen LogP contribution < -0.4 is 5.32 Å². The van der Waals surface area contributed by atoms with Crippen LogP contribution in [0.4, 0.5) is 0 Å². The molecular formula is C3H4ClN2. The Balaban J connectivity index is 2.38. The first-order valence-electron chi connectivity index (χ1n) is 1.70. The van der Waals surface area contributed by atoms with Crippen molar-refractivity contribution in [1.82, 2.24) is 5.32 Å². The van der Waals surface area contributed by atoms with Crippen LogP contribution in [0.2, 0.25) is 0 Å². The van der Waals surface area contributed by atoms with Gasteiger partial charge >= 0.3 is 0 Å². The van der Waals surface area contributed by atoms with Crippen LogP contribution in [-0.4, -0.2) is 18.4 Å². The Hall–Kier alpha value is -0.0800. The molecular weight excluding hydrogens is 99.5 g/mol. The van der Waals surface area contributed by atoms with E-state index in [0.717, 1.165) is 0 Å². The zero-order valence-corrected chi connectivity index (χ0v) is 3.87. The predicted molar refractivity (Wildman–Crippen MR) is 25.1 cm³/mol. The molecule has 0 aliphatic carbocycles. The van der Waals surface area contributed by atoms with Crippen molar-refractivity contribution in [2.75, 3.05) is 6.54 Å². The standard InChI is InChI=1S/C3H4ClN2/c4-3-5-1-2-6-3/h3,5H,1H2. The molecule has 1 rings (SSSR count). The Morgan fingerprint density at radius 1 is 2.00 bits per heavy atom. The maximum atomic E-state index is 5.37. The smallest absolute Gasteiger partial charge is 0.176 e. The molecule has 0 spiro atoms. The van der Waals surface area contributed by atoms with Crippen LogP contribution in [0.1, 0.15) is 0 Å². The van der Waals surface area contributed by atoms with Gasteiger partial charge in [-0.1, -0.05) is 11.6 Å². The van der Waals surface area contributed by atoms with Gasteiger partial charge in [0.1, 0.15) is 0 Å². The average Bonchev–Trinajstić information content (AvgIpc) is 1.86. The van der Waals surface area contributed by atoms with E-state index in [1.165, 1.54) is 0 Å². The van der Waals surface area contributed by atoms with Gasteiger partial charge in [0.15, 0.2) is 5.62 Å². The Morgan fingerprint density at radius 2 is 2.83 bits per heavy atom. The fourth-order valence-electron chi connectivity index (χ4n) is 0.301. The lowest BCUT2D eigenvalue weighted by atomic mass is 10.8. The second kappa shape index (κ2) is 1.58. The number of aliphatic imine (C=N–C) groups is 1. The van der Waals surface area contributed by atoms with Gasteiger partial charge in [0.2, 0.25) is 0 Å². The van der Waals surface area contributed by atoms with Crippen molar-refractivity contribution in [2.45, 2.75) is 5.62 Å². The second-order valence-electron chi connectivity index (χ2n) is 1.00. The summed E-state index contributed by atoms with van der Waals surface area (Å²) in [6.45, 7) is 0.689. The van der Waals surface area contributed by atoms with Crippen molar-refractivity contribution >= 4 is 17.8 Å². The largest absolute Gasteiger partial charge is 0.277 e. The minimum Gasteiger partial charge on any atom is -0.277 e. The number of hydrogen-bond acceptors (Lipinski definition) is 2. The summed E-state index contributed by atoms with van der Waals surface area (Å²) >= 11 is 5.37. The molecule has 0 aromatic heterocycles. The van der Waals surface area contributed by atoms with Crippen molar-refractivity contribution < 1.29 is 0 Å². The summed E-state index contributed by atoms with van der Waals surface area (Å²) < 4.78 is 0. The molecule has 6 heavy (non-hydrogen) atoms. The highest BCUT2D eigenvalue weighted by atomic mass is 35.5. The second-order valence-corrected chi connectivity index (χ2v) is 1.42. The zero-order valence-electron chi connectivity index (χ0n) is 3.11. The van der Waals surface area contributed by atoms with E-state index in [1.54, 1.807) is 0 Å². The molecule has 0 aromatic rings. The lowest BCUT2D eigenvalue weighted by molar-refractivity contribution is 0.785. The number of alkyl halides is 1. The van der Waals surface area contributed by atoms with Crippen molar-refractivity contribution in [1.29, 1.82) is 0 Å². The molecule has 0 bridgehead atoms. The molecule has 3 heteroatoms. The maximum absolute atomic E-state index is 5.37. The molecule has 33 valence electrons. The third kappa shape index (κ3) is 0.698. The quantitative estimate of drug-likeness (QED) is 0.340. The van der Waals surface area contributed by atoms with E-state index in [-0.39, 0.29) is 5.62 Å². The summed E-state index contributed by atoms with van der Waals surface area (Å²) in [4.78, 5) is 3.64. The molecule has 1 unspecified atom stereocenters. The first-order valence-corrected chi connectivity index (χ1v) is 2.13. The number of nitrogens with zero attached hydrogens (tertiary/aromatic N) is 1. The molecule has 0 aromatic carbocycles. The maximum Gasteiger partial charge on any atom is 0.176 e.